The van der Waals surface area contributed by atoms with Crippen LogP contribution < -0.4 is 10.1 Å². The highest BCUT2D eigenvalue weighted by atomic mass is 16.5. The van der Waals surface area contributed by atoms with E-state index in [1.165, 1.54) is 7.11 Å². The second kappa shape index (κ2) is 6.56. The molecule has 1 rings (SSSR count). The first kappa shape index (κ1) is 13.1. The third-order valence-electron chi connectivity index (χ3n) is 2.18. The van der Waals surface area contributed by atoms with E-state index in [4.69, 9.17) is 11.2 Å². The zero-order valence-corrected chi connectivity index (χ0v) is 9.64. The summed E-state index contributed by atoms with van der Waals surface area (Å²) in [7, 11) is 1.54. The van der Waals surface area contributed by atoms with Gasteiger partial charge < -0.3 is 15.2 Å². The number of carbonyl (C=O) groups is 1. The molecule has 0 saturated carbocycles. The van der Waals surface area contributed by atoms with Crippen molar-refractivity contribution in [3.05, 3.63) is 29.8 Å². The molecule has 0 radical (unpaired) electrons. The van der Waals surface area contributed by atoms with Crippen molar-refractivity contribution in [2.24, 2.45) is 0 Å². The van der Waals surface area contributed by atoms with Gasteiger partial charge in [-0.25, -0.2) is 0 Å². The first-order chi connectivity index (χ1) is 8.17. The number of hydrogen-bond acceptors (Lipinski definition) is 3. The van der Waals surface area contributed by atoms with E-state index in [0.29, 0.717) is 11.3 Å². The van der Waals surface area contributed by atoms with Gasteiger partial charge in [-0.1, -0.05) is 6.07 Å². The molecule has 0 unspecified atom stereocenters. The minimum absolute atomic E-state index is 0.139. The Bertz CT molecular complexity index is 423. The molecule has 4 heteroatoms. The van der Waals surface area contributed by atoms with E-state index in [2.05, 4.69) is 11.2 Å². The number of aliphatic hydroxyl groups is 1. The van der Waals surface area contributed by atoms with Crippen LogP contribution in [0.1, 0.15) is 16.8 Å². The predicted molar refractivity (Wildman–Crippen MR) is 64.8 cm³/mol. The van der Waals surface area contributed by atoms with Crippen molar-refractivity contribution in [3.63, 3.8) is 0 Å². The van der Waals surface area contributed by atoms with Crippen molar-refractivity contribution in [2.45, 2.75) is 12.5 Å². The average molecular weight is 233 g/mol. The van der Waals surface area contributed by atoms with E-state index in [0.717, 1.165) is 0 Å². The fourth-order valence-electron chi connectivity index (χ4n) is 1.29. The molecular weight excluding hydrogens is 218 g/mol. The zero-order chi connectivity index (χ0) is 12.7. The highest BCUT2D eigenvalue weighted by molar-refractivity contribution is 5.94. The van der Waals surface area contributed by atoms with Gasteiger partial charge >= 0.3 is 0 Å². The van der Waals surface area contributed by atoms with Crippen LogP contribution in [0.4, 0.5) is 0 Å². The Hall–Kier alpha value is -1.99. The van der Waals surface area contributed by atoms with Crippen LogP contribution in [-0.4, -0.2) is 30.8 Å². The monoisotopic (exact) mass is 233 g/mol. The summed E-state index contributed by atoms with van der Waals surface area (Å²) in [5, 5.41) is 12.0. The summed E-state index contributed by atoms with van der Waals surface area (Å²) >= 11 is 0. The molecule has 90 valence electrons. The highest BCUT2D eigenvalue weighted by Gasteiger charge is 2.08. The number of amides is 1. The smallest absolute Gasteiger partial charge is 0.251 e. The minimum Gasteiger partial charge on any atom is -0.497 e. The topological polar surface area (TPSA) is 58.6 Å². The molecule has 0 aliphatic carbocycles. The molecule has 0 spiro atoms. The molecule has 0 aliphatic heterocycles. The first-order valence-corrected chi connectivity index (χ1v) is 5.21. The second-order valence-electron chi connectivity index (χ2n) is 3.50. The van der Waals surface area contributed by atoms with E-state index >= 15 is 0 Å². The molecule has 1 atom stereocenters. The van der Waals surface area contributed by atoms with Crippen LogP contribution in [0.3, 0.4) is 0 Å². The Morgan fingerprint density at radius 1 is 1.65 bits per heavy atom. The van der Waals surface area contributed by atoms with Crippen LogP contribution in [0.25, 0.3) is 0 Å². The van der Waals surface area contributed by atoms with E-state index < -0.39 is 6.10 Å². The van der Waals surface area contributed by atoms with Crippen LogP contribution in [-0.2, 0) is 0 Å². The fraction of sp³-hybridized carbons (Fsp3) is 0.308. The fourth-order valence-corrected chi connectivity index (χ4v) is 1.29. The van der Waals surface area contributed by atoms with E-state index in [1.807, 2.05) is 0 Å². The summed E-state index contributed by atoms with van der Waals surface area (Å²) in [5.74, 6) is 2.68. The minimum atomic E-state index is -0.713. The highest BCUT2D eigenvalue weighted by Crippen LogP contribution is 2.12. The van der Waals surface area contributed by atoms with Gasteiger partial charge in [-0.15, -0.1) is 12.3 Å². The number of rotatable bonds is 5. The average Bonchev–Trinajstić information content (AvgIpc) is 2.36. The molecular formula is C13H15NO3. The predicted octanol–water partition coefficient (Wildman–Crippen LogP) is 0.809. The number of ether oxygens (including phenoxy) is 1. The van der Waals surface area contributed by atoms with Gasteiger partial charge in [0.25, 0.3) is 5.91 Å². The Labute approximate surface area is 101 Å². The van der Waals surface area contributed by atoms with Crippen LogP contribution in [0, 0.1) is 12.3 Å². The Kier molecular flexibility index (Phi) is 5.05. The number of carbonyl (C=O) groups excluding carboxylic acids is 1. The standard InChI is InChI=1S/C13H15NO3/c1-3-5-11(15)9-14-13(16)10-6-4-7-12(8-10)17-2/h1,4,6-8,11,15H,5,9H2,2H3,(H,14,16)/t11-/m0/s1. The molecule has 0 aliphatic rings. The number of nitrogens with one attached hydrogen (secondary N) is 1. The van der Waals surface area contributed by atoms with Gasteiger partial charge in [0.2, 0.25) is 0 Å². The van der Waals surface area contributed by atoms with Crippen LogP contribution >= 0.6 is 0 Å². The van der Waals surface area contributed by atoms with Gasteiger partial charge in [-0.3, -0.25) is 4.79 Å². The van der Waals surface area contributed by atoms with E-state index in [9.17, 15) is 9.90 Å². The third-order valence-corrected chi connectivity index (χ3v) is 2.18. The summed E-state index contributed by atoms with van der Waals surface area (Å²) in [6.45, 7) is 0.139. The number of hydrogen-bond donors (Lipinski definition) is 2. The summed E-state index contributed by atoms with van der Waals surface area (Å²) in [6.07, 6.45) is 4.55. The molecule has 0 heterocycles. The maximum Gasteiger partial charge on any atom is 0.251 e. The molecule has 0 aromatic heterocycles. The van der Waals surface area contributed by atoms with Gasteiger partial charge in [0.15, 0.2) is 0 Å². The van der Waals surface area contributed by atoms with Gasteiger partial charge in [0, 0.05) is 18.5 Å². The molecule has 1 amide bonds. The number of aliphatic hydroxyl groups excluding tert-OH is 1. The van der Waals surface area contributed by atoms with Crippen molar-refractivity contribution in [2.75, 3.05) is 13.7 Å². The van der Waals surface area contributed by atoms with Crippen LogP contribution in [0.2, 0.25) is 0 Å². The van der Waals surface area contributed by atoms with E-state index in [1.54, 1.807) is 24.3 Å². The van der Waals surface area contributed by atoms with Crippen molar-refractivity contribution in [1.29, 1.82) is 0 Å². The summed E-state index contributed by atoms with van der Waals surface area (Å²) in [6, 6.07) is 6.78. The lowest BCUT2D eigenvalue weighted by molar-refractivity contribution is 0.0918. The van der Waals surface area contributed by atoms with Crippen LogP contribution in [0.15, 0.2) is 24.3 Å². The zero-order valence-electron chi connectivity index (χ0n) is 9.64. The van der Waals surface area contributed by atoms with Gasteiger partial charge in [0.1, 0.15) is 5.75 Å². The summed E-state index contributed by atoms with van der Waals surface area (Å²) < 4.78 is 5.01. The first-order valence-electron chi connectivity index (χ1n) is 5.21. The maximum atomic E-state index is 11.7. The molecule has 1 aromatic carbocycles. The lowest BCUT2D eigenvalue weighted by Gasteiger charge is -2.09. The molecule has 2 N–H and O–H groups in total. The normalized spacial score (nSPS) is 11.4. The van der Waals surface area contributed by atoms with Gasteiger partial charge in [-0.2, -0.15) is 0 Å². The SMILES string of the molecule is C#CC[C@H](O)CNC(=O)c1cccc(OC)c1. The van der Waals surface area contributed by atoms with Gasteiger partial charge in [0.05, 0.1) is 13.2 Å². The summed E-state index contributed by atoms with van der Waals surface area (Å²) in [4.78, 5) is 11.7. The molecule has 4 nitrogen and oxygen atoms in total. The van der Waals surface area contributed by atoms with Crippen molar-refractivity contribution in [1.82, 2.24) is 5.32 Å². The maximum absolute atomic E-state index is 11.7. The lowest BCUT2D eigenvalue weighted by atomic mass is 10.2. The van der Waals surface area contributed by atoms with Crippen LogP contribution in [0.5, 0.6) is 5.75 Å². The molecule has 17 heavy (non-hydrogen) atoms. The molecule has 0 saturated heterocycles. The Morgan fingerprint density at radius 3 is 3.06 bits per heavy atom. The van der Waals surface area contributed by atoms with E-state index in [-0.39, 0.29) is 18.9 Å². The Morgan fingerprint density at radius 2 is 2.41 bits per heavy atom. The summed E-state index contributed by atoms with van der Waals surface area (Å²) in [5.41, 5.74) is 0.484. The molecule has 0 bridgehead atoms. The quantitative estimate of drug-likeness (QED) is 0.740. The molecule has 0 fully saturated rings. The molecule has 1 aromatic rings. The largest absolute Gasteiger partial charge is 0.497 e. The van der Waals surface area contributed by atoms with Crippen molar-refractivity contribution < 1.29 is 14.6 Å². The number of methoxy groups -OCH3 is 1. The number of terminal acetylenes is 1. The van der Waals surface area contributed by atoms with Crippen molar-refractivity contribution >= 4 is 5.91 Å². The lowest BCUT2D eigenvalue weighted by Crippen LogP contribution is -2.31. The van der Waals surface area contributed by atoms with Gasteiger partial charge in [-0.05, 0) is 18.2 Å². The second-order valence-corrected chi connectivity index (χ2v) is 3.50. The number of benzene rings is 1. The third kappa shape index (κ3) is 4.17. The van der Waals surface area contributed by atoms with Crippen molar-refractivity contribution in [3.8, 4) is 18.1 Å². The Balaban J connectivity index is 2.55.